The van der Waals surface area contributed by atoms with Crippen molar-refractivity contribution in [3.8, 4) is 0 Å². The van der Waals surface area contributed by atoms with Crippen LogP contribution in [-0.4, -0.2) is 50.1 Å². The van der Waals surface area contributed by atoms with Gasteiger partial charge in [0.25, 0.3) is 11.8 Å². The van der Waals surface area contributed by atoms with Crippen LogP contribution in [0.25, 0.3) is 0 Å². The van der Waals surface area contributed by atoms with E-state index in [-0.39, 0.29) is 13.0 Å². The van der Waals surface area contributed by atoms with Crippen molar-refractivity contribution in [1.82, 2.24) is 10.6 Å². The van der Waals surface area contributed by atoms with Gasteiger partial charge in [-0.05, 0) is 24.6 Å². The summed E-state index contributed by atoms with van der Waals surface area (Å²) < 4.78 is 9.57. The number of carbonyl (C=O) groups excluding carboxylic acids is 4. The van der Waals surface area contributed by atoms with E-state index < -0.39 is 36.4 Å². The summed E-state index contributed by atoms with van der Waals surface area (Å²) >= 11 is 0. The number of carbonyl (C=O) groups is 4. The highest BCUT2D eigenvalue weighted by Gasteiger charge is 2.22. The predicted octanol–water partition coefficient (Wildman–Crippen LogP) is 1.17. The quantitative estimate of drug-likeness (QED) is 0.598. The molecule has 0 aromatic heterocycles. The van der Waals surface area contributed by atoms with Gasteiger partial charge in [-0.3, -0.25) is 14.4 Å². The van der Waals surface area contributed by atoms with Gasteiger partial charge < -0.3 is 20.1 Å². The number of hydrogen-bond donors (Lipinski definition) is 2. The minimum Gasteiger partial charge on any atom is -0.467 e. The highest BCUT2D eigenvalue weighted by molar-refractivity contribution is 5.96. The molecule has 0 saturated carbocycles. The van der Waals surface area contributed by atoms with E-state index in [1.807, 2.05) is 37.3 Å². The third kappa shape index (κ3) is 7.38. The lowest BCUT2D eigenvalue weighted by Crippen LogP contribution is -2.45. The van der Waals surface area contributed by atoms with E-state index in [0.717, 1.165) is 11.1 Å². The molecule has 0 saturated heterocycles. The SMILES string of the molecule is COC(=O)C(Cc1ccccc1)NC(=O)COC(=O)CNC(=O)c1ccc(C)cc1. The van der Waals surface area contributed by atoms with E-state index in [1.54, 1.807) is 24.3 Å². The maximum absolute atomic E-state index is 12.1. The third-order valence-corrected chi connectivity index (χ3v) is 4.17. The van der Waals surface area contributed by atoms with Crippen molar-refractivity contribution in [2.75, 3.05) is 20.3 Å². The van der Waals surface area contributed by atoms with Crippen LogP contribution in [0.5, 0.6) is 0 Å². The molecule has 2 aromatic rings. The number of nitrogens with one attached hydrogen (secondary N) is 2. The Balaban J connectivity index is 1.78. The molecular weight excluding hydrogens is 388 g/mol. The van der Waals surface area contributed by atoms with Crippen LogP contribution in [0.15, 0.2) is 54.6 Å². The van der Waals surface area contributed by atoms with Crippen LogP contribution in [-0.2, 0) is 30.3 Å². The second-order valence-corrected chi connectivity index (χ2v) is 6.54. The molecule has 0 radical (unpaired) electrons. The van der Waals surface area contributed by atoms with Crippen molar-refractivity contribution in [2.45, 2.75) is 19.4 Å². The van der Waals surface area contributed by atoms with Gasteiger partial charge in [-0.2, -0.15) is 0 Å². The Hall–Kier alpha value is -3.68. The Morgan fingerprint density at radius 1 is 0.967 bits per heavy atom. The fourth-order valence-electron chi connectivity index (χ4n) is 2.58. The van der Waals surface area contributed by atoms with E-state index in [4.69, 9.17) is 9.47 Å². The van der Waals surface area contributed by atoms with E-state index in [0.29, 0.717) is 5.56 Å². The van der Waals surface area contributed by atoms with Crippen molar-refractivity contribution < 1.29 is 28.7 Å². The average molecular weight is 412 g/mol. The number of amides is 2. The number of aryl methyl sites for hydroxylation is 1. The van der Waals surface area contributed by atoms with Crippen molar-refractivity contribution in [3.05, 3.63) is 71.3 Å². The number of esters is 2. The van der Waals surface area contributed by atoms with Crippen LogP contribution in [0, 0.1) is 6.92 Å². The molecule has 30 heavy (non-hydrogen) atoms. The molecule has 0 spiro atoms. The fraction of sp³-hybridized carbons (Fsp3) is 0.273. The predicted molar refractivity (Wildman–Crippen MR) is 109 cm³/mol. The first kappa shape index (κ1) is 22.6. The molecule has 0 heterocycles. The molecule has 0 aliphatic rings. The van der Waals surface area contributed by atoms with Gasteiger partial charge >= 0.3 is 11.9 Å². The second-order valence-electron chi connectivity index (χ2n) is 6.54. The fourth-order valence-corrected chi connectivity index (χ4v) is 2.58. The summed E-state index contributed by atoms with van der Waals surface area (Å²) in [7, 11) is 1.23. The molecule has 0 bridgehead atoms. The molecule has 8 heteroatoms. The van der Waals surface area contributed by atoms with Crippen LogP contribution >= 0.6 is 0 Å². The number of hydrogen-bond acceptors (Lipinski definition) is 6. The van der Waals surface area contributed by atoms with Gasteiger partial charge in [-0.25, -0.2) is 4.79 Å². The van der Waals surface area contributed by atoms with E-state index >= 15 is 0 Å². The summed E-state index contributed by atoms with van der Waals surface area (Å²) in [6.45, 7) is 0.931. The minimum absolute atomic E-state index is 0.236. The summed E-state index contributed by atoms with van der Waals surface area (Å²) in [4.78, 5) is 47.8. The van der Waals surface area contributed by atoms with Gasteiger partial charge in [-0.1, -0.05) is 48.0 Å². The summed E-state index contributed by atoms with van der Waals surface area (Å²) in [6, 6.07) is 15.0. The normalized spacial score (nSPS) is 11.1. The molecule has 1 unspecified atom stereocenters. The van der Waals surface area contributed by atoms with Crippen LogP contribution in [0.1, 0.15) is 21.5 Å². The Kier molecular flexibility index (Phi) is 8.56. The van der Waals surface area contributed by atoms with Gasteiger partial charge in [0, 0.05) is 12.0 Å². The third-order valence-electron chi connectivity index (χ3n) is 4.17. The average Bonchev–Trinajstić information content (AvgIpc) is 2.76. The van der Waals surface area contributed by atoms with E-state index in [9.17, 15) is 19.2 Å². The monoisotopic (exact) mass is 412 g/mol. The molecule has 2 amide bonds. The van der Waals surface area contributed by atoms with Crippen molar-refractivity contribution in [3.63, 3.8) is 0 Å². The lowest BCUT2D eigenvalue weighted by atomic mass is 10.1. The highest BCUT2D eigenvalue weighted by atomic mass is 16.5. The lowest BCUT2D eigenvalue weighted by molar-refractivity contribution is -0.149. The van der Waals surface area contributed by atoms with Crippen molar-refractivity contribution >= 4 is 23.8 Å². The van der Waals surface area contributed by atoms with Gasteiger partial charge in [0.15, 0.2) is 6.61 Å². The van der Waals surface area contributed by atoms with Crippen LogP contribution in [0.2, 0.25) is 0 Å². The Morgan fingerprint density at radius 3 is 2.27 bits per heavy atom. The van der Waals surface area contributed by atoms with Crippen molar-refractivity contribution in [2.24, 2.45) is 0 Å². The van der Waals surface area contributed by atoms with E-state index in [1.165, 1.54) is 7.11 Å². The molecular formula is C22H24N2O6. The van der Waals surface area contributed by atoms with Gasteiger partial charge in [-0.15, -0.1) is 0 Å². The smallest absolute Gasteiger partial charge is 0.328 e. The summed E-state index contributed by atoms with van der Waals surface area (Å²) in [5.74, 6) is -2.46. The maximum Gasteiger partial charge on any atom is 0.328 e. The second kappa shape index (κ2) is 11.4. The number of ether oxygens (including phenoxy) is 2. The van der Waals surface area contributed by atoms with Crippen LogP contribution < -0.4 is 10.6 Å². The first-order valence-corrected chi connectivity index (χ1v) is 9.30. The molecule has 158 valence electrons. The zero-order valence-corrected chi connectivity index (χ0v) is 16.8. The number of benzene rings is 2. The minimum atomic E-state index is -0.912. The highest BCUT2D eigenvalue weighted by Crippen LogP contribution is 2.05. The van der Waals surface area contributed by atoms with Gasteiger partial charge in [0.05, 0.1) is 7.11 Å². The Labute approximate surface area is 174 Å². The molecule has 0 aliphatic carbocycles. The van der Waals surface area contributed by atoms with Gasteiger partial charge in [0.1, 0.15) is 12.6 Å². The Morgan fingerprint density at radius 2 is 1.63 bits per heavy atom. The molecule has 1 atom stereocenters. The molecule has 2 N–H and O–H groups in total. The first-order chi connectivity index (χ1) is 14.4. The van der Waals surface area contributed by atoms with Crippen molar-refractivity contribution in [1.29, 1.82) is 0 Å². The topological polar surface area (TPSA) is 111 Å². The molecule has 2 aromatic carbocycles. The Bertz CT molecular complexity index is 880. The summed E-state index contributed by atoms with van der Waals surface area (Å²) in [5.41, 5.74) is 2.26. The van der Waals surface area contributed by atoms with Crippen LogP contribution in [0.3, 0.4) is 0 Å². The number of methoxy groups -OCH3 is 1. The maximum atomic E-state index is 12.1. The van der Waals surface area contributed by atoms with Gasteiger partial charge in [0.2, 0.25) is 0 Å². The summed E-state index contributed by atoms with van der Waals surface area (Å²) in [5, 5.41) is 4.91. The lowest BCUT2D eigenvalue weighted by Gasteiger charge is -2.16. The van der Waals surface area contributed by atoms with E-state index in [2.05, 4.69) is 10.6 Å². The van der Waals surface area contributed by atoms with Crippen LogP contribution in [0.4, 0.5) is 0 Å². The molecule has 8 nitrogen and oxygen atoms in total. The molecule has 2 rings (SSSR count). The number of rotatable bonds is 9. The summed E-state index contributed by atoms with van der Waals surface area (Å²) in [6.07, 6.45) is 0.236. The standard InChI is InChI=1S/C22H24N2O6/c1-15-8-10-17(11-9-15)21(27)23-13-20(26)30-14-19(25)24-18(22(28)29-2)12-16-6-4-3-5-7-16/h3-11,18H,12-14H2,1-2H3,(H,23,27)(H,24,25). The largest absolute Gasteiger partial charge is 0.467 e. The zero-order chi connectivity index (χ0) is 21.9. The molecule has 0 fully saturated rings. The zero-order valence-electron chi connectivity index (χ0n) is 16.8. The first-order valence-electron chi connectivity index (χ1n) is 9.30. The molecule has 0 aliphatic heterocycles.